The fourth-order valence-electron chi connectivity index (χ4n) is 4.32. The van der Waals surface area contributed by atoms with Crippen LogP contribution < -0.4 is 24.8 Å². The van der Waals surface area contributed by atoms with Crippen LogP contribution in [0.25, 0.3) is 11.1 Å². The Morgan fingerprint density at radius 1 is 0.684 bits per heavy atom. The Balaban J connectivity index is 0.000000216. The first-order valence-corrected chi connectivity index (χ1v) is 13.2. The average Bonchev–Trinajstić information content (AvgIpc) is 3.56. The molecule has 0 fully saturated rings. The van der Waals surface area contributed by atoms with Gasteiger partial charge in [-0.05, 0) is 18.9 Å². The van der Waals surface area contributed by atoms with Crippen LogP contribution in [-0.2, 0) is 26.4 Å². The van der Waals surface area contributed by atoms with Crippen LogP contribution in [0, 0.1) is 39.8 Å². The average molecular weight is 571 g/mol. The zero-order chi connectivity index (χ0) is 25.5. The van der Waals surface area contributed by atoms with Crippen molar-refractivity contribution in [1.82, 2.24) is 0 Å². The van der Waals surface area contributed by atoms with Gasteiger partial charge in [0.2, 0.25) is 0 Å². The largest absolute Gasteiger partial charge is 1.00 e. The molecule has 0 saturated heterocycles. The molecule has 4 aromatic rings. The molecule has 0 bridgehead atoms. The van der Waals surface area contributed by atoms with Crippen molar-refractivity contribution < 1.29 is 44.8 Å². The molecule has 0 saturated carbocycles. The number of rotatable bonds is 2. The van der Waals surface area contributed by atoms with Gasteiger partial charge in [-0.1, -0.05) is 36.2 Å². The van der Waals surface area contributed by atoms with Gasteiger partial charge >= 0.3 is 108 Å². The number of benzene rings is 4. The molecule has 0 atom stereocenters. The summed E-state index contributed by atoms with van der Waals surface area (Å²) in [5.74, 6) is 0. The van der Waals surface area contributed by atoms with E-state index in [-0.39, 0.29) is 24.8 Å². The summed E-state index contributed by atoms with van der Waals surface area (Å²) in [7, 11) is 0. The number of allylic oxidation sites excluding steroid dienone is 4. The summed E-state index contributed by atoms with van der Waals surface area (Å²) < 4.78 is 1.33. The third kappa shape index (κ3) is 8.52. The first-order chi connectivity index (χ1) is 17.4. The maximum atomic E-state index is 3.45. The quantitative estimate of drug-likeness (QED) is 0.226. The van der Waals surface area contributed by atoms with Crippen molar-refractivity contribution in [2.45, 2.75) is 40.5 Å². The summed E-state index contributed by atoms with van der Waals surface area (Å²) in [5.41, 5.74) is 13.4. The topological polar surface area (TPSA) is 0 Å². The Hall–Kier alpha value is -2.48. The molecule has 0 spiro atoms. The van der Waals surface area contributed by atoms with Gasteiger partial charge in [-0.3, -0.25) is 6.08 Å². The Labute approximate surface area is 252 Å². The van der Waals surface area contributed by atoms with Gasteiger partial charge in [-0.2, -0.15) is 29.8 Å². The minimum absolute atomic E-state index is 0. The molecular formula is C35H32Cl2Ti-2. The fourth-order valence-corrected chi connectivity index (χ4v) is 4.84. The van der Waals surface area contributed by atoms with Gasteiger partial charge in [-0.15, -0.1) is 17.5 Å². The SMILES string of the molecule is Cc1[c-]c2c(cc1)-c1ccc(C)cc1C2.Cc1ccc([C](=[Ti+2])c2ccc(C)cc2)cc1.[C-]1=CC=CC1.[Cl-].[Cl-]. The van der Waals surface area contributed by atoms with E-state index >= 15 is 0 Å². The minimum atomic E-state index is 0. The normalized spacial score (nSPS) is 11.5. The first-order valence-electron chi connectivity index (χ1n) is 12.5. The predicted molar refractivity (Wildman–Crippen MR) is 150 cm³/mol. The number of aryl methyl sites for hydroxylation is 4. The maximum absolute atomic E-state index is 3.45. The molecule has 6 rings (SSSR count). The van der Waals surface area contributed by atoms with Crippen LogP contribution in [0.5, 0.6) is 0 Å². The Kier molecular flexibility index (Phi) is 12.7. The van der Waals surface area contributed by atoms with Crippen molar-refractivity contribution in [3.8, 4) is 11.1 Å². The van der Waals surface area contributed by atoms with Crippen molar-refractivity contribution in [2.75, 3.05) is 0 Å². The van der Waals surface area contributed by atoms with Gasteiger partial charge in [0, 0.05) is 0 Å². The number of hydrogen-bond acceptors (Lipinski definition) is 0. The number of fused-ring (bicyclic) bond motifs is 3. The molecule has 0 N–H and O–H groups in total. The van der Waals surface area contributed by atoms with Gasteiger partial charge in [0.05, 0.1) is 0 Å². The van der Waals surface area contributed by atoms with Crippen LogP contribution in [-0.4, -0.2) is 3.81 Å². The molecule has 0 amide bonds. The van der Waals surface area contributed by atoms with Gasteiger partial charge in [0.1, 0.15) is 0 Å². The molecule has 38 heavy (non-hydrogen) atoms. The molecule has 2 aliphatic rings. The summed E-state index contributed by atoms with van der Waals surface area (Å²) in [6, 6.07) is 31.9. The summed E-state index contributed by atoms with van der Waals surface area (Å²) in [6.07, 6.45) is 11.0. The summed E-state index contributed by atoms with van der Waals surface area (Å²) in [4.78, 5) is 0. The summed E-state index contributed by atoms with van der Waals surface area (Å²) >= 11 is 2.18. The number of halogens is 2. The molecule has 0 unspecified atom stereocenters. The van der Waals surface area contributed by atoms with E-state index in [4.69, 9.17) is 0 Å². The Morgan fingerprint density at radius 2 is 1.24 bits per heavy atom. The van der Waals surface area contributed by atoms with Crippen LogP contribution in [0.1, 0.15) is 50.9 Å². The third-order valence-corrected chi connectivity index (χ3v) is 7.26. The maximum Gasteiger partial charge on any atom is -0.109 e. The smallest absolute Gasteiger partial charge is 0.109 e. The van der Waals surface area contributed by atoms with Crippen LogP contribution >= 0.6 is 0 Å². The predicted octanol–water partition coefficient (Wildman–Crippen LogP) is 2.41. The monoisotopic (exact) mass is 570 g/mol. The van der Waals surface area contributed by atoms with E-state index in [0.717, 1.165) is 12.8 Å². The summed E-state index contributed by atoms with van der Waals surface area (Å²) in [6.45, 7) is 8.49. The zero-order valence-electron chi connectivity index (χ0n) is 22.4. The molecule has 4 aromatic carbocycles. The minimum Gasteiger partial charge on any atom is -1.00 e. The molecular weight excluding hydrogens is 539 g/mol. The second-order valence-electron chi connectivity index (χ2n) is 9.48. The molecule has 0 heterocycles. The van der Waals surface area contributed by atoms with Crippen molar-refractivity contribution in [3.05, 3.63) is 154 Å². The van der Waals surface area contributed by atoms with E-state index in [1.54, 1.807) is 0 Å². The van der Waals surface area contributed by atoms with E-state index in [0.29, 0.717) is 0 Å². The van der Waals surface area contributed by atoms with E-state index in [9.17, 15) is 0 Å². The Morgan fingerprint density at radius 3 is 1.74 bits per heavy atom. The van der Waals surface area contributed by atoms with E-state index in [1.165, 1.54) is 59.4 Å². The van der Waals surface area contributed by atoms with Gasteiger partial charge in [-0.25, -0.2) is 12.2 Å². The second-order valence-corrected chi connectivity index (χ2v) is 10.3. The van der Waals surface area contributed by atoms with Gasteiger partial charge in [0.25, 0.3) is 0 Å². The third-order valence-electron chi connectivity index (χ3n) is 6.36. The van der Waals surface area contributed by atoms with Gasteiger partial charge < -0.3 is 24.8 Å². The first kappa shape index (κ1) is 31.7. The zero-order valence-corrected chi connectivity index (χ0v) is 25.5. The van der Waals surface area contributed by atoms with Gasteiger partial charge in [0.15, 0.2) is 0 Å². The van der Waals surface area contributed by atoms with Crippen molar-refractivity contribution in [2.24, 2.45) is 0 Å². The number of hydrogen-bond donors (Lipinski definition) is 0. The van der Waals surface area contributed by atoms with E-state index in [1.807, 2.05) is 12.2 Å². The van der Waals surface area contributed by atoms with E-state index in [2.05, 4.69) is 145 Å². The van der Waals surface area contributed by atoms with Crippen LogP contribution in [0.4, 0.5) is 0 Å². The fraction of sp³-hybridized carbons (Fsp3) is 0.171. The summed E-state index contributed by atoms with van der Waals surface area (Å²) in [5, 5.41) is 0. The van der Waals surface area contributed by atoms with Crippen LogP contribution in [0.3, 0.4) is 0 Å². The molecule has 3 heteroatoms. The molecule has 0 aromatic heterocycles. The molecule has 2 aliphatic carbocycles. The van der Waals surface area contributed by atoms with Crippen molar-refractivity contribution in [3.63, 3.8) is 0 Å². The molecule has 192 valence electrons. The molecule has 0 aliphatic heterocycles. The molecule has 0 nitrogen and oxygen atoms in total. The second kappa shape index (κ2) is 15.2. The Bertz CT molecular complexity index is 1300. The standard InChI is InChI=1S/C15H13.C15H14.C5H5.2ClH.Ti/c1-10-3-5-14-12(7-10)9-13-8-11(2)4-6-15(13)14;1-12-3-7-14(8-4-12)11-15-9-5-13(2)6-10-15;1-2-4-5-3-1;;;/h3-7H,9H2,1-2H3;3-10H,1-2H3;1-3H,4H2;2*1H;/q-1;;-1;;;+2/p-2. The van der Waals surface area contributed by atoms with Crippen molar-refractivity contribution in [1.29, 1.82) is 0 Å². The van der Waals surface area contributed by atoms with E-state index < -0.39 is 0 Å². The van der Waals surface area contributed by atoms with Crippen LogP contribution in [0.15, 0.2) is 97.1 Å². The van der Waals surface area contributed by atoms with Crippen molar-refractivity contribution >= 4 is 3.81 Å². The molecule has 0 radical (unpaired) electrons. The van der Waals surface area contributed by atoms with Crippen LogP contribution in [0.2, 0.25) is 0 Å².